The summed E-state index contributed by atoms with van der Waals surface area (Å²) in [6.07, 6.45) is -4.76. The molecular formula is C14H8F4N2O. The quantitative estimate of drug-likeness (QED) is 0.638. The van der Waals surface area contributed by atoms with Gasteiger partial charge in [-0.15, -0.1) is 13.2 Å². The van der Waals surface area contributed by atoms with Crippen molar-refractivity contribution >= 4 is 0 Å². The lowest BCUT2D eigenvalue weighted by molar-refractivity contribution is -0.274. The van der Waals surface area contributed by atoms with Crippen LogP contribution >= 0.6 is 0 Å². The topological polar surface area (TPSA) is 45.9 Å². The number of benzene rings is 1. The van der Waals surface area contributed by atoms with Crippen LogP contribution in [0.4, 0.5) is 17.6 Å². The highest BCUT2D eigenvalue weighted by Crippen LogP contribution is 2.27. The van der Waals surface area contributed by atoms with Crippen LogP contribution < -0.4 is 4.74 Å². The number of ether oxygens (including phenoxy) is 1. The van der Waals surface area contributed by atoms with Gasteiger partial charge in [0.25, 0.3) is 0 Å². The highest BCUT2D eigenvalue weighted by molar-refractivity contribution is 5.64. The summed E-state index contributed by atoms with van der Waals surface area (Å²) in [6, 6.07) is 9.31. The van der Waals surface area contributed by atoms with Gasteiger partial charge in [0.1, 0.15) is 5.75 Å². The van der Waals surface area contributed by atoms with E-state index in [-0.39, 0.29) is 17.9 Å². The minimum atomic E-state index is -4.77. The van der Waals surface area contributed by atoms with E-state index < -0.39 is 12.3 Å². The van der Waals surface area contributed by atoms with E-state index in [1.807, 2.05) is 6.07 Å². The Hall–Kier alpha value is -2.62. The fraction of sp³-hybridized carbons (Fsp3) is 0.143. The molecule has 0 unspecified atom stereocenters. The summed E-state index contributed by atoms with van der Waals surface area (Å²) in [5.41, 5.74) is 1.10. The van der Waals surface area contributed by atoms with Crippen LogP contribution in [0.25, 0.3) is 11.3 Å². The van der Waals surface area contributed by atoms with Crippen molar-refractivity contribution in [3.63, 3.8) is 0 Å². The zero-order chi connectivity index (χ0) is 15.5. The Kier molecular flexibility index (Phi) is 4.08. The Morgan fingerprint density at radius 3 is 2.33 bits per heavy atom. The number of rotatable bonds is 3. The van der Waals surface area contributed by atoms with E-state index in [9.17, 15) is 17.6 Å². The first-order valence-corrected chi connectivity index (χ1v) is 5.77. The van der Waals surface area contributed by atoms with Gasteiger partial charge in [0.15, 0.2) is 0 Å². The molecule has 0 atom stereocenters. The van der Waals surface area contributed by atoms with Crippen LogP contribution in [0, 0.1) is 17.3 Å². The summed E-state index contributed by atoms with van der Waals surface area (Å²) < 4.78 is 53.1. The van der Waals surface area contributed by atoms with E-state index in [0.717, 1.165) is 18.2 Å². The van der Waals surface area contributed by atoms with Gasteiger partial charge < -0.3 is 4.74 Å². The molecule has 0 radical (unpaired) electrons. The Bertz CT molecular complexity index is 675. The average Bonchev–Trinajstić information content (AvgIpc) is 2.40. The van der Waals surface area contributed by atoms with Gasteiger partial charge >= 0.3 is 6.36 Å². The highest BCUT2D eigenvalue weighted by atomic mass is 19.4. The monoisotopic (exact) mass is 296 g/mol. The van der Waals surface area contributed by atoms with Gasteiger partial charge in [0, 0.05) is 5.56 Å². The van der Waals surface area contributed by atoms with Crippen molar-refractivity contribution in [2.75, 3.05) is 0 Å². The van der Waals surface area contributed by atoms with Crippen molar-refractivity contribution in [1.82, 2.24) is 4.98 Å². The Balaban J connectivity index is 2.35. The number of nitriles is 1. The van der Waals surface area contributed by atoms with Crippen LogP contribution in [-0.2, 0) is 6.42 Å². The van der Waals surface area contributed by atoms with Crippen molar-refractivity contribution in [2.24, 2.45) is 0 Å². The molecule has 21 heavy (non-hydrogen) atoms. The molecular weight excluding hydrogens is 288 g/mol. The molecule has 0 spiro atoms. The molecule has 7 heteroatoms. The summed E-state index contributed by atoms with van der Waals surface area (Å²) in [5, 5.41) is 8.72. The molecule has 0 saturated heterocycles. The molecule has 1 aromatic heterocycles. The zero-order valence-electron chi connectivity index (χ0n) is 10.5. The number of alkyl halides is 3. The summed E-state index contributed by atoms with van der Waals surface area (Å²) >= 11 is 0. The minimum absolute atomic E-state index is 0.0173. The first-order chi connectivity index (χ1) is 9.89. The predicted molar refractivity (Wildman–Crippen MR) is 65.6 cm³/mol. The Labute approximate surface area is 117 Å². The van der Waals surface area contributed by atoms with Gasteiger partial charge in [-0.3, -0.25) is 0 Å². The van der Waals surface area contributed by atoms with Crippen LogP contribution in [0.15, 0.2) is 36.4 Å². The smallest absolute Gasteiger partial charge is 0.406 e. The van der Waals surface area contributed by atoms with E-state index in [1.165, 1.54) is 18.2 Å². The lowest BCUT2D eigenvalue weighted by atomic mass is 10.0. The molecule has 108 valence electrons. The maximum absolute atomic E-state index is 13.2. The molecule has 0 bridgehead atoms. The van der Waals surface area contributed by atoms with Crippen molar-refractivity contribution in [1.29, 1.82) is 5.26 Å². The van der Waals surface area contributed by atoms with Gasteiger partial charge in [0.2, 0.25) is 5.95 Å². The maximum Gasteiger partial charge on any atom is 0.573 e. The standard InChI is InChI=1S/C14H8F4N2O/c15-12-6-3-10(7-8-19)13(20-12)9-1-4-11(5-2-9)21-14(16,17)18/h1-6H,7H2. The molecule has 0 aliphatic heterocycles. The highest BCUT2D eigenvalue weighted by Gasteiger charge is 2.31. The van der Waals surface area contributed by atoms with Crippen LogP contribution in [0.1, 0.15) is 5.56 Å². The lowest BCUT2D eigenvalue weighted by Gasteiger charge is -2.10. The van der Waals surface area contributed by atoms with Gasteiger partial charge in [-0.25, -0.2) is 4.98 Å². The number of hydrogen-bond acceptors (Lipinski definition) is 3. The number of aromatic nitrogens is 1. The number of halogens is 4. The fourth-order valence-corrected chi connectivity index (χ4v) is 1.76. The Morgan fingerprint density at radius 2 is 1.76 bits per heavy atom. The molecule has 0 aliphatic carbocycles. The van der Waals surface area contributed by atoms with E-state index in [4.69, 9.17) is 5.26 Å². The number of hydrogen-bond donors (Lipinski definition) is 0. The Morgan fingerprint density at radius 1 is 1.10 bits per heavy atom. The van der Waals surface area contributed by atoms with Crippen LogP contribution in [0.2, 0.25) is 0 Å². The van der Waals surface area contributed by atoms with Gasteiger partial charge in [-0.1, -0.05) is 6.07 Å². The molecule has 0 N–H and O–H groups in total. The molecule has 2 aromatic rings. The second-order valence-corrected chi connectivity index (χ2v) is 4.05. The predicted octanol–water partition coefficient (Wildman–Crippen LogP) is 3.85. The third-order valence-electron chi connectivity index (χ3n) is 2.58. The molecule has 0 fully saturated rings. The molecule has 2 rings (SSSR count). The summed E-state index contributed by atoms with van der Waals surface area (Å²) in [6.45, 7) is 0. The van der Waals surface area contributed by atoms with Crippen molar-refractivity contribution in [3.8, 4) is 23.1 Å². The number of pyridine rings is 1. The molecule has 3 nitrogen and oxygen atoms in total. The van der Waals surface area contributed by atoms with Crippen molar-refractivity contribution in [2.45, 2.75) is 12.8 Å². The van der Waals surface area contributed by atoms with Gasteiger partial charge in [0.05, 0.1) is 18.2 Å². The van der Waals surface area contributed by atoms with Crippen LogP contribution in [0.5, 0.6) is 5.75 Å². The molecule has 1 heterocycles. The van der Waals surface area contributed by atoms with E-state index in [1.54, 1.807) is 0 Å². The van der Waals surface area contributed by atoms with Crippen LogP contribution in [-0.4, -0.2) is 11.3 Å². The lowest BCUT2D eigenvalue weighted by Crippen LogP contribution is -2.16. The molecule has 0 aliphatic rings. The summed E-state index contributed by atoms with van der Waals surface area (Å²) in [7, 11) is 0. The average molecular weight is 296 g/mol. The van der Waals surface area contributed by atoms with E-state index >= 15 is 0 Å². The third kappa shape index (κ3) is 3.92. The summed E-state index contributed by atoms with van der Waals surface area (Å²) in [5.74, 6) is -1.12. The van der Waals surface area contributed by atoms with E-state index in [2.05, 4.69) is 9.72 Å². The molecule has 1 aromatic carbocycles. The van der Waals surface area contributed by atoms with Crippen molar-refractivity contribution in [3.05, 3.63) is 47.9 Å². The van der Waals surface area contributed by atoms with Gasteiger partial charge in [-0.05, 0) is 35.9 Å². The summed E-state index contributed by atoms with van der Waals surface area (Å²) in [4.78, 5) is 3.69. The second-order valence-electron chi connectivity index (χ2n) is 4.05. The third-order valence-corrected chi connectivity index (χ3v) is 2.58. The van der Waals surface area contributed by atoms with E-state index in [0.29, 0.717) is 11.1 Å². The maximum atomic E-state index is 13.2. The normalized spacial score (nSPS) is 11.0. The van der Waals surface area contributed by atoms with Crippen molar-refractivity contribution < 1.29 is 22.3 Å². The molecule has 0 amide bonds. The minimum Gasteiger partial charge on any atom is -0.406 e. The number of nitrogens with zero attached hydrogens (tertiary/aromatic N) is 2. The first kappa shape index (κ1) is 14.8. The molecule has 0 saturated carbocycles. The fourth-order valence-electron chi connectivity index (χ4n) is 1.76. The first-order valence-electron chi connectivity index (χ1n) is 5.77. The SMILES string of the molecule is N#CCc1ccc(F)nc1-c1ccc(OC(F)(F)F)cc1. The second kappa shape index (κ2) is 5.79. The van der Waals surface area contributed by atoms with Gasteiger partial charge in [-0.2, -0.15) is 9.65 Å². The largest absolute Gasteiger partial charge is 0.573 e. The zero-order valence-corrected chi connectivity index (χ0v) is 10.5. The van der Waals surface area contributed by atoms with Crippen LogP contribution in [0.3, 0.4) is 0 Å².